The summed E-state index contributed by atoms with van der Waals surface area (Å²) in [6.45, 7) is 5.31. The third-order valence-corrected chi connectivity index (χ3v) is 31.3. The summed E-state index contributed by atoms with van der Waals surface area (Å²) >= 11 is 0. The van der Waals surface area contributed by atoms with Crippen molar-refractivity contribution in [3.63, 3.8) is 0 Å². The molecule has 0 saturated carbocycles. The summed E-state index contributed by atoms with van der Waals surface area (Å²) < 4.78 is 8.58. The summed E-state index contributed by atoms with van der Waals surface area (Å²) in [6.07, 6.45) is 7.71. The van der Waals surface area contributed by atoms with Gasteiger partial charge in [0.1, 0.15) is 0 Å². The second-order valence-electron chi connectivity index (χ2n) is 39.6. The molecule has 5 aromatic heterocycles. The Labute approximate surface area is 861 Å². The van der Waals surface area contributed by atoms with Crippen LogP contribution in [0.25, 0.3) is 116 Å². The first-order chi connectivity index (χ1) is 73.3. The maximum atomic E-state index is 6.21. The molecule has 0 bridgehead atoms. The van der Waals surface area contributed by atoms with Gasteiger partial charge in [-0.15, -0.1) is 0 Å². The van der Waals surface area contributed by atoms with Crippen LogP contribution in [0.5, 0.6) is 11.5 Å². The number of hydrogen-bond acceptors (Lipinski definition) is 8. The molecule has 9 nitrogen and oxygen atoms in total. The van der Waals surface area contributed by atoms with Crippen molar-refractivity contribution in [1.82, 2.24) is 24.5 Å². The van der Waals surface area contributed by atoms with Crippen LogP contribution >= 0.6 is 0 Å². The van der Waals surface area contributed by atoms with Crippen molar-refractivity contribution in [3.8, 4) is 61.7 Å². The topological polar surface area (TPSA) is 75.4 Å². The molecule has 31 rings (SSSR count). The molecular formula is C135H92B4N8O. The van der Waals surface area contributed by atoms with Gasteiger partial charge >= 0.3 is 0 Å². The van der Waals surface area contributed by atoms with Crippen molar-refractivity contribution in [2.24, 2.45) is 0 Å². The highest BCUT2D eigenvalue weighted by Gasteiger charge is 2.41. The number of aromatic nitrogens is 5. The van der Waals surface area contributed by atoms with Crippen LogP contribution in [-0.4, -0.2) is 51.4 Å². The number of para-hydroxylation sites is 10. The van der Waals surface area contributed by atoms with Crippen molar-refractivity contribution < 1.29 is 4.74 Å². The fraction of sp³-hybridized carbons (Fsp3) is 0.0222. The molecule has 11 heterocycles. The Hall–Kier alpha value is -18.7. The molecule has 20 aromatic carbocycles. The number of hydrogen-bond donors (Lipinski definition) is 0. The highest BCUT2D eigenvalue weighted by Crippen LogP contribution is 2.54. The van der Waals surface area contributed by atoms with Gasteiger partial charge in [0, 0.05) is 96.6 Å². The van der Waals surface area contributed by atoms with Crippen molar-refractivity contribution >= 4 is 209 Å². The maximum absolute atomic E-state index is 6.21. The van der Waals surface area contributed by atoms with Gasteiger partial charge in [0.25, 0.3) is 0 Å². The highest BCUT2D eigenvalue weighted by molar-refractivity contribution is 7.00. The summed E-state index contributed by atoms with van der Waals surface area (Å²) in [4.78, 5) is 25.8. The zero-order valence-electron chi connectivity index (χ0n) is 81.4. The van der Waals surface area contributed by atoms with Gasteiger partial charge < -0.3 is 24.0 Å². The van der Waals surface area contributed by atoms with E-state index in [-0.39, 0.29) is 32.3 Å². The predicted octanol–water partition coefficient (Wildman–Crippen LogP) is 25.2. The van der Waals surface area contributed by atoms with E-state index in [1.807, 2.05) is 49.1 Å². The SMILES string of the molecule is CC1(C)c2ccccc2N(c2ccc(B3c4ccccc4-c4ccnc5cccc3c45)cc2)c2ccccc21.c1ccc(N(c2ccccc2)c2ccc(B3c4ccccc4-c4ccnc5cccc3c45)cc2)cc1.c1ccc2c(c1)B(c1ccc(-n3c4ccccc4c4ccccc43)cc1)c1cccc3nccc-2c13.c1ccc2c(c1)Oc1ccccc1N2c1ccc(B2c3ccccc3-c3ccnc4cccc2c34)cc1. The van der Waals surface area contributed by atoms with Gasteiger partial charge in [0.05, 0.1) is 55.8 Å². The lowest BCUT2D eigenvalue weighted by Gasteiger charge is -2.42. The smallest absolute Gasteiger partial charge is 0.242 e. The Balaban J connectivity index is 0.0000000952. The lowest BCUT2D eigenvalue weighted by Crippen LogP contribution is -2.54. The average molecular weight is 1890 g/mol. The zero-order chi connectivity index (χ0) is 98.0. The van der Waals surface area contributed by atoms with Crippen molar-refractivity contribution in [2.75, 3.05) is 14.7 Å². The summed E-state index contributed by atoms with van der Waals surface area (Å²) in [7, 11) is 0. The normalized spacial score (nSPS) is 13.0. The van der Waals surface area contributed by atoms with E-state index in [0.29, 0.717) is 0 Å². The first-order valence-electron chi connectivity index (χ1n) is 51.1. The largest absolute Gasteiger partial charge is 0.453 e. The number of rotatable bonds is 10. The fourth-order valence-corrected chi connectivity index (χ4v) is 24.9. The first kappa shape index (κ1) is 87.1. The number of fused-ring (bicyclic) bond motifs is 15. The molecule has 0 amide bonds. The number of benzene rings is 20. The molecule has 25 aromatic rings. The lowest BCUT2D eigenvalue weighted by atomic mass is 9.34. The van der Waals surface area contributed by atoms with Crippen LogP contribution in [0.1, 0.15) is 25.0 Å². The maximum Gasteiger partial charge on any atom is 0.242 e. The summed E-state index contributed by atoms with van der Waals surface area (Å²) in [5.41, 5.74) is 47.0. The molecule has 148 heavy (non-hydrogen) atoms. The third-order valence-electron chi connectivity index (χ3n) is 31.3. The Morgan fingerprint density at radius 2 is 0.486 bits per heavy atom. The van der Waals surface area contributed by atoms with Crippen molar-refractivity contribution in [2.45, 2.75) is 19.3 Å². The van der Waals surface area contributed by atoms with Crippen LogP contribution in [0, 0.1) is 0 Å². The molecule has 6 aliphatic rings. The number of nitrogens with zero attached hydrogens (tertiary/aromatic N) is 8. The minimum absolute atomic E-state index is 0.0600. The van der Waals surface area contributed by atoms with Gasteiger partial charge in [-0.05, 0) is 225 Å². The summed E-state index contributed by atoms with van der Waals surface area (Å²) in [5, 5.41) is 7.64. The van der Waals surface area contributed by atoms with Crippen LogP contribution in [0.15, 0.2) is 522 Å². The van der Waals surface area contributed by atoms with Crippen LogP contribution in [0.3, 0.4) is 0 Å². The fourth-order valence-electron chi connectivity index (χ4n) is 24.9. The summed E-state index contributed by atoms with van der Waals surface area (Å²) in [6, 6.07) is 179. The van der Waals surface area contributed by atoms with E-state index in [0.717, 1.165) is 67.7 Å². The molecule has 0 spiro atoms. The first-order valence-corrected chi connectivity index (χ1v) is 51.1. The molecular weight excluding hydrogens is 1790 g/mol. The van der Waals surface area contributed by atoms with Crippen molar-refractivity contribution in [1.29, 1.82) is 0 Å². The van der Waals surface area contributed by atoms with Crippen LogP contribution in [0.2, 0.25) is 0 Å². The van der Waals surface area contributed by atoms with Crippen LogP contribution < -0.4 is 85.0 Å². The van der Waals surface area contributed by atoms with Gasteiger partial charge in [-0.2, -0.15) is 0 Å². The number of ether oxygens (including phenoxy) is 1. The Bertz CT molecular complexity index is 9350. The molecule has 0 fully saturated rings. The molecule has 0 unspecified atom stereocenters. The van der Waals surface area contributed by atoms with E-state index in [1.165, 1.54) is 187 Å². The van der Waals surface area contributed by atoms with E-state index in [9.17, 15) is 0 Å². The van der Waals surface area contributed by atoms with Crippen LogP contribution in [-0.2, 0) is 5.41 Å². The quantitative estimate of drug-likeness (QED) is 0.125. The van der Waals surface area contributed by atoms with Gasteiger partial charge in [-0.25, -0.2) is 0 Å². The molecule has 13 heteroatoms. The second-order valence-corrected chi connectivity index (χ2v) is 39.6. The Kier molecular flexibility index (Phi) is 21.2. The van der Waals surface area contributed by atoms with E-state index >= 15 is 0 Å². The minimum atomic E-state index is -0.0600. The second kappa shape index (κ2) is 36.0. The lowest BCUT2D eigenvalue weighted by molar-refractivity contribution is 0.477. The molecule has 0 N–H and O–H groups in total. The van der Waals surface area contributed by atoms with E-state index in [4.69, 9.17) is 9.72 Å². The molecule has 0 radical (unpaired) electrons. The van der Waals surface area contributed by atoms with Gasteiger partial charge in [0.15, 0.2) is 11.5 Å². The van der Waals surface area contributed by atoms with Crippen LogP contribution in [0.4, 0.5) is 51.2 Å². The standard InChI is InChI=1S/C36H27BN2.C33H21BN2O.C33H21BN2.C33H23BN2/c1-36(2)28-11-4-7-16-33(28)39(34-17-8-5-12-29(34)36)25-20-18-24(19-21-25)37-30-13-6-3-10-26(30)27-22-23-38-32-15-9-14-31(37)35(27)32;1-2-9-26-24(8-1)25-20-21-35-28-11-7-10-27(33(25)28)34(26)22-16-18-23(19-17-22)36-29-12-3-5-14-31(29)37-32-15-6-4-13-30(32)36;1-4-11-28-24(8-1)27-20-21-35-30-13-7-12-29(33(27)30)34(28)22-16-18-23(19-17-22)36-31-14-5-2-9-25(31)26-10-3-6-15-32(26)36;1-3-10-25(11-4-1)36(26-12-5-2-6-13-26)27-20-18-24(19-21-27)34-30-15-8-7-14-28(30)29-22-23-35-32-17-9-16-31(34)33(29)32/h3-23H,1-2H3;1-21H;1-21H;1-23H. The highest BCUT2D eigenvalue weighted by atomic mass is 16.5. The molecule has 0 saturated heterocycles. The number of anilines is 9. The zero-order valence-corrected chi connectivity index (χ0v) is 81.4. The van der Waals surface area contributed by atoms with E-state index in [1.54, 1.807) is 0 Å². The van der Waals surface area contributed by atoms with Gasteiger partial charge in [-0.3, -0.25) is 19.9 Å². The predicted molar refractivity (Wildman–Crippen MR) is 624 cm³/mol. The Morgan fingerprint density at radius 1 is 0.216 bits per heavy atom. The third kappa shape index (κ3) is 14.4. The number of pyridine rings is 4. The molecule has 690 valence electrons. The van der Waals surface area contributed by atoms with E-state index < -0.39 is 0 Å². The summed E-state index contributed by atoms with van der Waals surface area (Å²) in [5.74, 6) is 1.73. The van der Waals surface area contributed by atoms with Gasteiger partial charge in [0.2, 0.25) is 26.9 Å². The van der Waals surface area contributed by atoms with Crippen molar-refractivity contribution in [3.05, 3.63) is 533 Å². The van der Waals surface area contributed by atoms with E-state index in [2.05, 4.69) is 521 Å². The molecule has 0 atom stereocenters. The molecule has 0 aliphatic carbocycles. The molecule has 6 aliphatic heterocycles. The Morgan fingerprint density at radius 3 is 0.845 bits per heavy atom. The minimum Gasteiger partial charge on any atom is -0.453 e. The average Bonchev–Trinajstić information content (AvgIpc) is 0.823. The van der Waals surface area contributed by atoms with Gasteiger partial charge in [-0.1, -0.05) is 407 Å². The monoisotopic (exact) mass is 1880 g/mol.